The Morgan fingerprint density at radius 3 is 2.79 bits per heavy atom. The lowest BCUT2D eigenvalue weighted by Crippen LogP contribution is -2.09. The van der Waals surface area contributed by atoms with Gasteiger partial charge in [0.2, 0.25) is 0 Å². The Hall–Kier alpha value is -1.58. The monoisotopic (exact) mass is 196 g/mol. The van der Waals surface area contributed by atoms with Gasteiger partial charge < -0.3 is 9.84 Å². The van der Waals surface area contributed by atoms with Crippen molar-refractivity contribution in [3.63, 3.8) is 0 Å². The van der Waals surface area contributed by atoms with Crippen LogP contribution in [0.25, 0.3) is 0 Å². The third-order valence-corrected chi connectivity index (χ3v) is 1.99. The van der Waals surface area contributed by atoms with Gasteiger partial charge in [-0.2, -0.15) is 0 Å². The van der Waals surface area contributed by atoms with Gasteiger partial charge in [0.15, 0.2) is 0 Å². The molecule has 0 amide bonds. The Morgan fingerprint density at radius 2 is 2.21 bits per heavy atom. The lowest BCUT2D eigenvalue weighted by atomic mass is 10.2. The van der Waals surface area contributed by atoms with E-state index in [0.717, 1.165) is 18.9 Å². The molecular formula is C10H9FO3. The molecule has 1 aliphatic rings. The van der Waals surface area contributed by atoms with Crippen LogP contribution in [-0.4, -0.2) is 17.2 Å². The standard InChI is InChI=1S/C10H9FO3/c11-7-2-1-3-8(12)9(7)10(13)14-6-4-5-6/h1-3,6,12H,4-5H2. The fraction of sp³-hybridized carbons (Fsp3) is 0.300. The summed E-state index contributed by atoms with van der Waals surface area (Å²) in [5.41, 5.74) is -0.376. The number of halogens is 1. The fourth-order valence-electron chi connectivity index (χ4n) is 1.11. The molecule has 0 bridgehead atoms. The van der Waals surface area contributed by atoms with Gasteiger partial charge in [-0.1, -0.05) is 6.07 Å². The van der Waals surface area contributed by atoms with Crippen LogP contribution in [-0.2, 0) is 4.74 Å². The lowest BCUT2D eigenvalue weighted by molar-refractivity contribution is 0.0463. The first kappa shape index (κ1) is 8.99. The molecule has 4 heteroatoms. The van der Waals surface area contributed by atoms with E-state index >= 15 is 0 Å². The number of carbonyl (C=O) groups excluding carboxylic acids is 1. The third kappa shape index (κ3) is 1.69. The predicted octanol–water partition coefficient (Wildman–Crippen LogP) is 1.85. The zero-order chi connectivity index (χ0) is 10.1. The average molecular weight is 196 g/mol. The molecule has 0 atom stereocenters. The minimum atomic E-state index is -0.789. The minimum Gasteiger partial charge on any atom is -0.507 e. The number of benzene rings is 1. The molecule has 0 saturated heterocycles. The summed E-state index contributed by atoms with van der Waals surface area (Å²) in [7, 11) is 0. The van der Waals surface area contributed by atoms with E-state index in [1.54, 1.807) is 0 Å². The van der Waals surface area contributed by atoms with E-state index in [-0.39, 0.29) is 17.4 Å². The molecule has 0 spiro atoms. The van der Waals surface area contributed by atoms with Crippen molar-refractivity contribution in [2.75, 3.05) is 0 Å². The van der Waals surface area contributed by atoms with E-state index in [4.69, 9.17) is 4.74 Å². The Labute approximate surface area is 80.1 Å². The Kier molecular flexibility index (Phi) is 2.11. The molecule has 0 aliphatic heterocycles. The molecule has 0 unspecified atom stereocenters. The molecule has 14 heavy (non-hydrogen) atoms. The van der Waals surface area contributed by atoms with Crippen molar-refractivity contribution >= 4 is 5.97 Å². The van der Waals surface area contributed by atoms with E-state index in [0.29, 0.717) is 0 Å². The zero-order valence-electron chi connectivity index (χ0n) is 7.37. The molecule has 1 aliphatic carbocycles. The van der Waals surface area contributed by atoms with Gasteiger partial charge in [0.05, 0.1) is 0 Å². The van der Waals surface area contributed by atoms with Crippen LogP contribution in [0.15, 0.2) is 18.2 Å². The van der Waals surface area contributed by atoms with Crippen LogP contribution in [0.2, 0.25) is 0 Å². The van der Waals surface area contributed by atoms with Crippen LogP contribution in [0.3, 0.4) is 0 Å². The second kappa shape index (κ2) is 3.29. The van der Waals surface area contributed by atoms with E-state index < -0.39 is 11.8 Å². The molecule has 1 fully saturated rings. The highest BCUT2D eigenvalue weighted by molar-refractivity contribution is 5.92. The highest BCUT2D eigenvalue weighted by atomic mass is 19.1. The SMILES string of the molecule is O=C(OC1CC1)c1c(O)cccc1F. The van der Waals surface area contributed by atoms with Gasteiger partial charge in [0.1, 0.15) is 23.2 Å². The molecule has 1 aromatic rings. The van der Waals surface area contributed by atoms with E-state index in [2.05, 4.69) is 0 Å². The number of esters is 1. The van der Waals surface area contributed by atoms with Crippen molar-refractivity contribution in [3.05, 3.63) is 29.6 Å². The number of phenolic OH excluding ortho intramolecular Hbond substituents is 1. The van der Waals surface area contributed by atoms with E-state index in [1.165, 1.54) is 12.1 Å². The van der Waals surface area contributed by atoms with Crippen molar-refractivity contribution in [2.45, 2.75) is 18.9 Å². The quantitative estimate of drug-likeness (QED) is 0.734. The van der Waals surface area contributed by atoms with Gasteiger partial charge in [-0.3, -0.25) is 0 Å². The van der Waals surface area contributed by atoms with Crippen molar-refractivity contribution < 1.29 is 19.0 Å². The minimum absolute atomic E-state index is 0.0958. The number of phenols is 1. The van der Waals surface area contributed by atoms with Crippen LogP contribution in [0.5, 0.6) is 5.75 Å². The largest absolute Gasteiger partial charge is 0.507 e. The van der Waals surface area contributed by atoms with Crippen LogP contribution in [0.1, 0.15) is 23.2 Å². The molecule has 74 valence electrons. The second-order valence-electron chi connectivity index (χ2n) is 3.24. The first-order chi connectivity index (χ1) is 6.68. The van der Waals surface area contributed by atoms with E-state index in [9.17, 15) is 14.3 Å². The maximum absolute atomic E-state index is 13.1. The normalized spacial score (nSPS) is 15.2. The second-order valence-corrected chi connectivity index (χ2v) is 3.24. The molecular weight excluding hydrogens is 187 g/mol. The Balaban J connectivity index is 2.24. The maximum atomic E-state index is 13.1. The van der Waals surface area contributed by atoms with Gasteiger partial charge in [0, 0.05) is 0 Å². The van der Waals surface area contributed by atoms with Crippen LogP contribution < -0.4 is 0 Å². The van der Waals surface area contributed by atoms with Gasteiger partial charge in [-0.05, 0) is 25.0 Å². The van der Waals surface area contributed by atoms with Gasteiger partial charge in [0.25, 0.3) is 0 Å². The number of ether oxygens (including phenoxy) is 1. The van der Waals surface area contributed by atoms with Crippen LogP contribution in [0, 0.1) is 5.82 Å². The molecule has 0 aromatic heterocycles. The number of hydrogen-bond acceptors (Lipinski definition) is 3. The number of aromatic hydroxyl groups is 1. The van der Waals surface area contributed by atoms with Crippen LogP contribution in [0.4, 0.5) is 4.39 Å². The van der Waals surface area contributed by atoms with Crippen LogP contribution >= 0.6 is 0 Å². The highest BCUT2D eigenvalue weighted by Crippen LogP contribution is 2.27. The summed E-state index contributed by atoms with van der Waals surface area (Å²) in [6, 6.07) is 3.70. The summed E-state index contributed by atoms with van der Waals surface area (Å²) in [5, 5.41) is 9.25. The summed E-state index contributed by atoms with van der Waals surface area (Å²) in [4.78, 5) is 11.3. The van der Waals surface area contributed by atoms with Gasteiger partial charge >= 0.3 is 5.97 Å². The topological polar surface area (TPSA) is 46.5 Å². The molecule has 3 nitrogen and oxygen atoms in total. The van der Waals surface area contributed by atoms with Crippen molar-refractivity contribution in [1.29, 1.82) is 0 Å². The summed E-state index contributed by atoms with van der Waals surface area (Å²) in [5.74, 6) is -1.92. The number of carbonyl (C=O) groups is 1. The number of hydrogen-bond donors (Lipinski definition) is 1. The Bertz CT molecular complexity index is 351. The lowest BCUT2D eigenvalue weighted by Gasteiger charge is -2.05. The molecule has 0 heterocycles. The molecule has 1 aromatic carbocycles. The van der Waals surface area contributed by atoms with Crippen molar-refractivity contribution in [3.8, 4) is 5.75 Å². The average Bonchev–Trinajstić information content (AvgIpc) is 2.87. The van der Waals surface area contributed by atoms with Crippen molar-refractivity contribution in [1.82, 2.24) is 0 Å². The summed E-state index contributed by atoms with van der Waals surface area (Å²) in [6.07, 6.45) is 1.54. The smallest absolute Gasteiger partial charge is 0.345 e. The van der Waals surface area contributed by atoms with Gasteiger partial charge in [-0.15, -0.1) is 0 Å². The molecule has 1 N–H and O–H groups in total. The first-order valence-electron chi connectivity index (χ1n) is 4.37. The summed E-state index contributed by atoms with van der Waals surface area (Å²) in [6.45, 7) is 0. The number of rotatable bonds is 2. The molecule has 2 rings (SSSR count). The summed E-state index contributed by atoms with van der Waals surface area (Å²) < 4.78 is 18.0. The Morgan fingerprint density at radius 1 is 1.50 bits per heavy atom. The zero-order valence-corrected chi connectivity index (χ0v) is 7.37. The van der Waals surface area contributed by atoms with E-state index in [1.807, 2.05) is 0 Å². The van der Waals surface area contributed by atoms with Gasteiger partial charge in [-0.25, -0.2) is 9.18 Å². The fourth-order valence-corrected chi connectivity index (χ4v) is 1.11. The maximum Gasteiger partial charge on any atom is 0.345 e. The first-order valence-corrected chi connectivity index (χ1v) is 4.37. The predicted molar refractivity (Wildman–Crippen MR) is 46.5 cm³/mol. The van der Waals surface area contributed by atoms with Crippen molar-refractivity contribution in [2.24, 2.45) is 0 Å². The molecule has 0 radical (unpaired) electrons. The third-order valence-electron chi connectivity index (χ3n) is 1.99. The summed E-state index contributed by atoms with van der Waals surface area (Å²) >= 11 is 0. The molecule has 1 saturated carbocycles. The highest BCUT2D eigenvalue weighted by Gasteiger charge is 2.28.